The van der Waals surface area contributed by atoms with Crippen molar-refractivity contribution in [1.82, 2.24) is 24.4 Å². The van der Waals surface area contributed by atoms with Gasteiger partial charge in [0.05, 0.1) is 17.5 Å². The molecule has 0 spiro atoms. The Labute approximate surface area is 175 Å². The fourth-order valence-electron chi connectivity index (χ4n) is 4.24. The first-order chi connectivity index (χ1) is 14.2. The summed E-state index contributed by atoms with van der Waals surface area (Å²) in [4.78, 5) is 19.4. The van der Waals surface area contributed by atoms with Crippen molar-refractivity contribution in [2.75, 3.05) is 13.1 Å². The lowest BCUT2D eigenvalue weighted by Crippen LogP contribution is -2.32. The Bertz CT molecular complexity index is 1120. The Morgan fingerprint density at radius 2 is 2.03 bits per heavy atom. The normalized spacial score (nSPS) is 15.9. The summed E-state index contributed by atoms with van der Waals surface area (Å²) in [5, 5.41) is 0. The highest BCUT2D eigenvalue weighted by atomic mass is 32.1. The van der Waals surface area contributed by atoms with Crippen molar-refractivity contribution in [2.24, 2.45) is 7.05 Å². The Morgan fingerprint density at radius 1 is 1.17 bits per heavy atom. The molecular weight excluding hydrogens is 378 g/mol. The number of rotatable bonds is 4. The van der Waals surface area contributed by atoms with Gasteiger partial charge in [0.1, 0.15) is 5.52 Å². The highest BCUT2D eigenvalue weighted by molar-refractivity contribution is 7.11. The largest absolute Gasteiger partial charge is 0.334 e. The lowest BCUT2D eigenvalue weighted by Gasteiger charge is -2.31. The molecule has 0 bridgehead atoms. The van der Waals surface area contributed by atoms with Crippen LogP contribution in [0.4, 0.5) is 0 Å². The van der Waals surface area contributed by atoms with Crippen molar-refractivity contribution in [3.63, 3.8) is 0 Å². The minimum absolute atomic E-state index is 0.492. The molecule has 0 atom stereocenters. The first-order valence-corrected chi connectivity index (χ1v) is 11.0. The number of likely N-dealkylation sites (tertiary alicyclic amines) is 1. The van der Waals surface area contributed by atoms with Crippen LogP contribution in [-0.2, 0) is 13.6 Å². The average molecular weight is 404 g/mol. The molecule has 4 aromatic rings. The number of thiophene rings is 1. The maximum atomic E-state index is 5.09. The molecule has 0 N–H and O–H groups in total. The zero-order valence-electron chi connectivity index (χ0n) is 16.9. The van der Waals surface area contributed by atoms with Crippen LogP contribution < -0.4 is 0 Å². The van der Waals surface area contributed by atoms with Crippen molar-refractivity contribution < 1.29 is 0 Å². The summed E-state index contributed by atoms with van der Waals surface area (Å²) >= 11 is 1.91. The van der Waals surface area contributed by atoms with Crippen molar-refractivity contribution in [3.8, 4) is 11.3 Å². The first kappa shape index (κ1) is 18.5. The summed E-state index contributed by atoms with van der Waals surface area (Å²) in [7, 11) is 2.05. The number of aryl methyl sites for hydroxylation is 2. The Hall–Kier alpha value is -2.57. The van der Waals surface area contributed by atoms with Crippen LogP contribution in [0, 0.1) is 6.92 Å². The molecule has 5 heterocycles. The maximum absolute atomic E-state index is 5.09. The third-order valence-electron chi connectivity index (χ3n) is 5.85. The van der Waals surface area contributed by atoms with E-state index in [1.807, 2.05) is 29.9 Å². The van der Waals surface area contributed by atoms with Crippen LogP contribution in [0.5, 0.6) is 0 Å². The van der Waals surface area contributed by atoms with Gasteiger partial charge in [-0.05, 0) is 63.2 Å². The summed E-state index contributed by atoms with van der Waals surface area (Å²) in [5.41, 5.74) is 5.26. The molecule has 0 aromatic carbocycles. The van der Waals surface area contributed by atoms with Crippen LogP contribution in [-0.4, -0.2) is 37.5 Å². The molecule has 5 nitrogen and oxygen atoms in total. The molecule has 0 radical (unpaired) electrons. The van der Waals surface area contributed by atoms with E-state index in [-0.39, 0.29) is 0 Å². The molecule has 6 heteroatoms. The van der Waals surface area contributed by atoms with Crippen LogP contribution >= 0.6 is 11.3 Å². The predicted octanol–water partition coefficient (Wildman–Crippen LogP) is 4.78. The molecule has 29 heavy (non-hydrogen) atoms. The summed E-state index contributed by atoms with van der Waals surface area (Å²) < 4.78 is 2.09. The number of imidazole rings is 1. The number of aromatic nitrogens is 4. The Kier molecular flexibility index (Phi) is 4.89. The lowest BCUT2D eigenvalue weighted by atomic mass is 9.92. The fraction of sp³-hybridized carbons (Fsp3) is 0.348. The minimum atomic E-state index is 0.492. The van der Waals surface area contributed by atoms with Crippen molar-refractivity contribution in [3.05, 3.63) is 64.5 Å². The van der Waals surface area contributed by atoms with Gasteiger partial charge in [0.25, 0.3) is 0 Å². The van der Waals surface area contributed by atoms with Crippen LogP contribution in [0.1, 0.15) is 34.2 Å². The first-order valence-electron chi connectivity index (χ1n) is 10.2. The zero-order valence-corrected chi connectivity index (χ0v) is 17.7. The van der Waals surface area contributed by atoms with Gasteiger partial charge in [-0.2, -0.15) is 0 Å². The smallest absolute Gasteiger partial charge is 0.115 e. The second-order valence-electron chi connectivity index (χ2n) is 7.92. The minimum Gasteiger partial charge on any atom is -0.334 e. The molecule has 4 aromatic heterocycles. The highest BCUT2D eigenvalue weighted by Gasteiger charge is 2.24. The van der Waals surface area contributed by atoms with E-state index in [2.05, 4.69) is 57.7 Å². The third-order valence-corrected chi connectivity index (χ3v) is 6.83. The number of hydrogen-bond donors (Lipinski definition) is 0. The van der Waals surface area contributed by atoms with Crippen molar-refractivity contribution in [1.29, 1.82) is 0 Å². The molecular formula is C23H25N5S. The molecule has 1 fully saturated rings. The number of pyridine rings is 2. The molecule has 1 aliphatic heterocycles. The van der Waals surface area contributed by atoms with Crippen molar-refractivity contribution in [2.45, 2.75) is 32.2 Å². The SMILES string of the molecule is Cc1ccc(CN2CCC(c3cc4c(ncn4C)c(-c4cccnc4)n3)CC2)s1. The van der Waals surface area contributed by atoms with E-state index in [4.69, 9.17) is 4.98 Å². The van der Waals surface area contributed by atoms with Gasteiger partial charge in [0.2, 0.25) is 0 Å². The van der Waals surface area contributed by atoms with Crippen LogP contribution in [0.3, 0.4) is 0 Å². The van der Waals surface area contributed by atoms with E-state index in [9.17, 15) is 0 Å². The Balaban J connectivity index is 1.40. The summed E-state index contributed by atoms with van der Waals surface area (Å²) in [6.07, 6.45) is 7.85. The Morgan fingerprint density at radius 3 is 2.76 bits per heavy atom. The van der Waals surface area contributed by atoms with Crippen LogP contribution in [0.15, 0.2) is 49.1 Å². The standard InChI is InChI=1S/C23H25N5S/c1-16-5-6-19(29-16)14-28-10-7-17(8-11-28)20-12-21-23(25-15-27(21)2)22(26-20)18-4-3-9-24-13-18/h3-6,9,12-13,15,17H,7-8,10-11,14H2,1-2H3. The highest BCUT2D eigenvalue weighted by Crippen LogP contribution is 2.33. The molecule has 1 saturated heterocycles. The van der Waals surface area contributed by atoms with Gasteiger partial charge in [0, 0.05) is 52.9 Å². The van der Waals surface area contributed by atoms with E-state index in [1.165, 1.54) is 15.4 Å². The number of nitrogens with zero attached hydrogens (tertiary/aromatic N) is 5. The maximum Gasteiger partial charge on any atom is 0.115 e. The monoisotopic (exact) mass is 403 g/mol. The van der Waals surface area contributed by atoms with E-state index < -0.39 is 0 Å². The topological polar surface area (TPSA) is 46.8 Å². The summed E-state index contributed by atoms with van der Waals surface area (Å²) in [6.45, 7) is 5.49. The lowest BCUT2D eigenvalue weighted by molar-refractivity contribution is 0.205. The second-order valence-corrected chi connectivity index (χ2v) is 9.30. The molecule has 1 aliphatic rings. The molecule has 0 aliphatic carbocycles. The predicted molar refractivity (Wildman–Crippen MR) is 118 cm³/mol. The quantitative estimate of drug-likeness (QED) is 0.492. The summed E-state index contributed by atoms with van der Waals surface area (Å²) in [6, 6.07) is 10.8. The number of fused-ring (bicyclic) bond motifs is 1. The van der Waals surface area contributed by atoms with Gasteiger partial charge in [0.15, 0.2) is 0 Å². The summed E-state index contributed by atoms with van der Waals surface area (Å²) in [5.74, 6) is 0.492. The van der Waals surface area contributed by atoms with Gasteiger partial charge < -0.3 is 4.57 Å². The second kappa shape index (κ2) is 7.69. The van der Waals surface area contributed by atoms with Gasteiger partial charge in [-0.25, -0.2) is 4.98 Å². The van der Waals surface area contributed by atoms with Crippen LogP contribution in [0.2, 0.25) is 0 Å². The van der Waals surface area contributed by atoms with Crippen LogP contribution in [0.25, 0.3) is 22.3 Å². The van der Waals surface area contributed by atoms with Gasteiger partial charge in [-0.3, -0.25) is 14.9 Å². The van der Waals surface area contributed by atoms with E-state index >= 15 is 0 Å². The third kappa shape index (κ3) is 3.70. The molecule has 0 unspecified atom stereocenters. The molecule has 0 amide bonds. The van der Waals surface area contributed by atoms with E-state index in [0.717, 1.165) is 54.8 Å². The number of piperidine rings is 1. The van der Waals surface area contributed by atoms with E-state index in [0.29, 0.717) is 5.92 Å². The number of hydrogen-bond acceptors (Lipinski definition) is 5. The molecule has 0 saturated carbocycles. The van der Waals surface area contributed by atoms with E-state index in [1.54, 1.807) is 6.20 Å². The fourth-order valence-corrected chi connectivity index (χ4v) is 5.17. The molecule has 5 rings (SSSR count). The zero-order chi connectivity index (χ0) is 19.8. The van der Waals surface area contributed by atoms with Gasteiger partial charge in [-0.1, -0.05) is 0 Å². The molecule has 148 valence electrons. The van der Waals surface area contributed by atoms with Crippen molar-refractivity contribution >= 4 is 22.4 Å². The van der Waals surface area contributed by atoms with Gasteiger partial charge >= 0.3 is 0 Å². The van der Waals surface area contributed by atoms with Gasteiger partial charge in [-0.15, -0.1) is 11.3 Å². The average Bonchev–Trinajstić information content (AvgIpc) is 3.34.